The minimum absolute atomic E-state index is 0.276. The van der Waals surface area contributed by atoms with E-state index in [0.717, 1.165) is 18.5 Å². The summed E-state index contributed by atoms with van der Waals surface area (Å²) >= 11 is 5.11. The van der Waals surface area contributed by atoms with E-state index in [2.05, 4.69) is 35.1 Å². The standard InChI is InChI=1S/C17H23N5OS/c1-13(2)8-9-18-17(24)21-20-16(23)15-10-19-22(12-15)11-14-6-4-3-5-7-14/h3-7,10,12-13H,8-9,11H2,1-2H3,(H,20,23)(H2,18,21,24). The van der Waals surface area contributed by atoms with E-state index in [0.29, 0.717) is 23.1 Å². The van der Waals surface area contributed by atoms with Gasteiger partial charge in [-0.1, -0.05) is 44.2 Å². The van der Waals surface area contributed by atoms with Crippen LogP contribution in [0.5, 0.6) is 0 Å². The molecule has 0 aliphatic rings. The Labute approximate surface area is 147 Å². The normalized spacial score (nSPS) is 10.5. The van der Waals surface area contributed by atoms with Gasteiger partial charge in [-0.2, -0.15) is 5.10 Å². The van der Waals surface area contributed by atoms with Crippen LogP contribution in [0.1, 0.15) is 36.2 Å². The molecule has 128 valence electrons. The van der Waals surface area contributed by atoms with Crippen LogP contribution in [0.25, 0.3) is 0 Å². The Balaban J connectivity index is 1.78. The zero-order valence-electron chi connectivity index (χ0n) is 14.0. The molecule has 0 spiro atoms. The van der Waals surface area contributed by atoms with E-state index in [1.54, 1.807) is 10.9 Å². The third-order valence-corrected chi connectivity index (χ3v) is 3.63. The predicted octanol–water partition coefficient (Wildman–Crippen LogP) is 2.09. The van der Waals surface area contributed by atoms with Crippen LogP contribution >= 0.6 is 12.2 Å². The summed E-state index contributed by atoms with van der Waals surface area (Å²) in [5.74, 6) is 0.327. The second kappa shape index (κ2) is 9.02. The summed E-state index contributed by atoms with van der Waals surface area (Å²) in [6.07, 6.45) is 4.26. The average molecular weight is 345 g/mol. The fraction of sp³-hybridized carbons (Fsp3) is 0.353. The smallest absolute Gasteiger partial charge is 0.272 e. The van der Waals surface area contributed by atoms with Crippen LogP contribution in [0.15, 0.2) is 42.7 Å². The maximum absolute atomic E-state index is 12.1. The Bertz CT molecular complexity index is 669. The van der Waals surface area contributed by atoms with E-state index < -0.39 is 0 Å². The van der Waals surface area contributed by atoms with Gasteiger partial charge >= 0.3 is 0 Å². The molecule has 24 heavy (non-hydrogen) atoms. The molecule has 2 rings (SSSR count). The van der Waals surface area contributed by atoms with Gasteiger partial charge in [-0.15, -0.1) is 0 Å². The van der Waals surface area contributed by atoms with E-state index in [4.69, 9.17) is 12.2 Å². The summed E-state index contributed by atoms with van der Waals surface area (Å²) in [6, 6.07) is 9.96. The second-order valence-corrected chi connectivity index (χ2v) is 6.34. The topological polar surface area (TPSA) is 71.0 Å². The van der Waals surface area contributed by atoms with Crippen molar-refractivity contribution < 1.29 is 4.79 Å². The summed E-state index contributed by atoms with van der Waals surface area (Å²) in [4.78, 5) is 12.1. The molecule has 7 heteroatoms. The monoisotopic (exact) mass is 345 g/mol. The molecule has 0 aliphatic carbocycles. The first-order valence-corrected chi connectivity index (χ1v) is 8.36. The van der Waals surface area contributed by atoms with Crippen LogP contribution in [0, 0.1) is 5.92 Å². The Morgan fingerprint density at radius 2 is 2.00 bits per heavy atom. The zero-order chi connectivity index (χ0) is 17.4. The first kappa shape index (κ1) is 17.9. The van der Waals surface area contributed by atoms with Gasteiger partial charge in [0, 0.05) is 12.7 Å². The quantitative estimate of drug-likeness (QED) is 0.552. The molecule has 0 saturated carbocycles. The minimum atomic E-state index is -0.276. The number of hydrogen-bond donors (Lipinski definition) is 3. The molecule has 6 nitrogen and oxygen atoms in total. The van der Waals surface area contributed by atoms with Crippen molar-refractivity contribution in [2.45, 2.75) is 26.8 Å². The number of thiocarbonyl (C=S) groups is 1. The molecule has 0 atom stereocenters. The molecule has 3 N–H and O–H groups in total. The highest BCUT2D eigenvalue weighted by molar-refractivity contribution is 7.80. The van der Waals surface area contributed by atoms with Crippen molar-refractivity contribution in [3.63, 3.8) is 0 Å². The number of benzene rings is 1. The van der Waals surface area contributed by atoms with Gasteiger partial charge in [0.15, 0.2) is 5.11 Å². The van der Waals surface area contributed by atoms with Crippen LogP contribution < -0.4 is 16.2 Å². The Morgan fingerprint density at radius 3 is 2.71 bits per heavy atom. The van der Waals surface area contributed by atoms with Crippen molar-refractivity contribution in [3.05, 3.63) is 53.9 Å². The number of rotatable bonds is 6. The maximum Gasteiger partial charge on any atom is 0.272 e. The third-order valence-electron chi connectivity index (χ3n) is 3.38. The fourth-order valence-corrected chi connectivity index (χ4v) is 2.20. The highest BCUT2D eigenvalue weighted by Crippen LogP contribution is 2.03. The van der Waals surface area contributed by atoms with Crippen molar-refractivity contribution in [1.82, 2.24) is 25.9 Å². The average Bonchev–Trinajstić information content (AvgIpc) is 3.02. The summed E-state index contributed by atoms with van der Waals surface area (Å²) in [7, 11) is 0. The summed E-state index contributed by atoms with van der Waals surface area (Å²) < 4.78 is 1.73. The van der Waals surface area contributed by atoms with Crippen LogP contribution in [0.2, 0.25) is 0 Å². The van der Waals surface area contributed by atoms with Crippen LogP contribution in [0.3, 0.4) is 0 Å². The number of carbonyl (C=O) groups is 1. The summed E-state index contributed by atoms with van der Waals surface area (Å²) in [5.41, 5.74) is 6.87. The van der Waals surface area contributed by atoms with Crippen molar-refractivity contribution in [1.29, 1.82) is 0 Å². The number of hydrogen-bond acceptors (Lipinski definition) is 3. The number of carbonyl (C=O) groups excluding carboxylic acids is 1. The van der Waals surface area contributed by atoms with Crippen molar-refractivity contribution in [3.8, 4) is 0 Å². The van der Waals surface area contributed by atoms with Crippen molar-refractivity contribution in [2.75, 3.05) is 6.54 Å². The number of nitrogens with one attached hydrogen (secondary N) is 3. The lowest BCUT2D eigenvalue weighted by Crippen LogP contribution is -2.47. The van der Waals surface area contributed by atoms with Gasteiger partial charge in [-0.05, 0) is 30.1 Å². The number of nitrogens with zero attached hydrogens (tertiary/aromatic N) is 2. The van der Waals surface area contributed by atoms with Crippen molar-refractivity contribution in [2.24, 2.45) is 5.92 Å². The molecule has 1 heterocycles. The minimum Gasteiger partial charge on any atom is -0.361 e. The van der Waals surface area contributed by atoms with Gasteiger partial charge < -0.3 is 5.32 Å². The molecular weight excluding hydrogens is 322 g/mol. The highest BCUT2D eigenvalue weighted by Gasteiger charge is 2.09. The fourth-order valence-electron chi connectivity index (χ4n) is 2.04. The van der Waals surface area contributed by atoms with E-state index in [9.17, 15) is 4.79 Å². The number of aromatic nitrogens is 2. The third kappa shape index (κ3) is 6.00. The number of hydrazine groups is 1. The Hall–Kier alpha value is -2.41. The largest absolute Gasteiger partial charge is 0.361 e. The molecule has 0 aliphatic heterocycles. The lowest BCUT2D eigenvalue weighted by molar-refractivity contribution is 0.0943. The molecule has 0 bridgehead atoms. The molecule has 0 radical (unpaired) electrons. The Kier molecular flexibility index (Phi) is 6.74. The van der Waals surface area contributed by atoms with E-state index in [1.807, 2.05) is 30.3 Å². The lowest BCUT2D eigenvalue weighted by Gasteiger charge is -2.11. The molecule has 1 aromatic heterocycles. The molecule has 1 amide bonds. The maximum atomic E-state index is 12.1. The highest BCUT2D eigenvalue weighted by atomic mass is 32.1. The van der Waals surface area contributed by atoms with E-state index in [-0.39, 0.29) is 5.91 Å². The molecule has 2 aromatic rings. The van der Waals surface area contributed by atoms with E-state index >= 15 is 0 Å². The SMILES string of the molecule is CC(C)CCNC(=S)NNC(=O)c1cnn(Cc2ccccc2)c1. The first-order valence-electron chi connectivity index (χ1n) is 7.95. The molecule has 0 fully saturated rings. The molecular formula is C17H23N5OS. The van der Waals surface area contributed by atoms with Gasteiger partial charge in [0.2, 0.25) is 0 Å². The van der Waals surface area contributed by atoms with Gasteiger partial charge in [-0.25, -0.2) is 0 Å². The number of amides is 1. The summed E-state index contributed by atoms with van der Waals surface area (Å²) in [6.45, 7) is 5.69. The predicted molar refractivity (Wildman–Crippen MR) is 98.4 cm³/mol. The van der Waals surface area contributed by atoms with Crippen molar-refractivity contribution >= 4 is 23.2 Å². The van der Waals surface area contributed by atoms with Gasteiger partial charge in [0.05, 0.1) is 18.3 Å². The van der Waals surface area contributed by atoms with Gasteiger partial charge in [0.1, 0.15) is 0 Å². The van der Waals surface area contributed by atoms with Crippen LogP contribution in [-0.2, 0) is 6.54 Å². The van der Waals surface area contributed by atoms with Crippen LogP contribution in [0.4, 0.5) is 0 Å². The van der Waals surface area contributed by atoms with E-state index in [1.165, 1.54) is 6.20 Å². The second-order valence-electron chi connectivity index (χ2n) is 5.93. The summed E-state index contributed by atoms with van der Waals surface area (Å²) in [5, 5.41) is 7.66. The Morgan fingerprint density at radius 1 is 1.25 bits per heavy atom. The van der Waals surface area contributed by atoms with Gasteiger partial charge in [-0.3, -0.25) is 20.3 Å². The van der Waals surface area contributed by atoms with Crippen LogP contribution in [-0.4, -0.2) is 27.3 Å². The molecule has 0 saturated heterocycles. The molecule has 0 unspecified atom stereocenters. The zero-order valence-corrected chi connectivity index (χ0v) is 14.8. The lowest BCUT2D eigenvalue weighted by atomic mass is 10.1. The van der Waals surface area contributed by atoms with Gasteiger partial charge in [0.25, 0.3) is 5.91 Å². The first-order chi connectivity index (χ1) is 11.5. The molecule has 1 aromatic carbocycles.